The molecule has 0 aliphatic carbocycles. The van der Waals surface area contributed by atoms with Gasteiger partial charge < -0.3 is 0 Å². The molecular formula is C14H18F3NO. The molecule has 1 aromatic rings. The van der Waals surface area contributed by atoms with Crippen LogP contribution in [-0.4, -0.2) is 17.1 Å². The molecule has 1 saturated heterocycles. The highest BCUT2D eigenvalue weighted by Crippen LogP contribution is 2.36. The fourth-order valence-corrected chi connectivity index (χ4v) is 2.13. The largest absolute Gasteiger partial charge is 0.416 e. The summed E-state index contributed by atoms with van der Waals surface area (Å²) >= 11 is 0. The molecule has 1 aliphatic rings. The number of hydroxylamine groups is 2. The summed E-state index contributed by atoms with van der Waals surface area (Å²) < 4.78 is 38.0. The summed E-state index contributed by atoms with van der Waals surface area (Å²) in [6, 6.07) is 5.38. The van der Waals surface area contributed by atoms with Crippen LogP contribution in [0.25, 0.3) is 0 Å². The van der Waals surface area contributed by atoms with E-state index in [1.165, 1.54) is 12.1 Å². The van der Waals surface area contributed by atoms with Crippen molar-refractivity contribution < 1.29 is 18.0 Å². The molecule has 5 heteroatoms. The van der Waals surface area contributed by atoms with Crippen molar-refractivity contribution in [3.05, 3.63) is 35.4 Å². The number of halogens is 3. The van der Waals surface area contributed by atoms with E-state index in [4.69, 9.17) is 4.84 Å². The van der Waals surface area contributed by atoms with Crippen molar-refractivity contribution in [2.45, 2.75) is 45.0 Å². The Kier molecular flexibility index (Phi) is 3.62. The minimum Gasteiger partial charge on any atom is -0.290 e. The SMILES string of the molecule is CC(C)(C)N1CCC(c2cccc(C(F)(F)F)c2)O1. The van der Waals surface area contributed by atoms with Gasteiger partial charge in [-0.3, -0.25) is 4.84 Å². The minimum absolute atomic E-state index is 0.142. The predicted octanol–water partition coefficient (Wildman–Crippen LogP) is 4.18. The summed E-state index contributed by atoms with van der Waals surface area (Å²) in [5, 5.41) is 1.83. The second kappa shape index (κ2) is 4.80. The third kappa shape index (κ3) is 3.28. The molecule has 2 nitrogen and oxygen atoms in total. The van der Waals surface area contributed by atoms with Gasteiger partial charge in [-0.15, -0.1) is 0 Å². The molecule has 1 unspecified atom stereocenters. The minimum atomic E-state index is -4.31. The van der Waals surface area contributed by atoms with Gasteiger partial charge in [-0.25, -0.2) is 0 Å². The molecule has 0 amide bonds. The van der Waals surface area contributed by atoms with Gasteiger partial charge >= 0.3 is 6.18 Å². The van der Waals surface area contributed by atoms with E-state index in [-0.39, 0.29) is 11.6 Å². The zero-order valence-electron chi connectivity index (χ0n) is 11.3. The van der Waals surface area contributed by atoms with Gasteiger partial charge in [0, 0.05) is 12.1 Å². The van der Waals surface area contributed by atoms with Crippen LogP contribution in [-0.2, 0) is 11.0 Å². The first kappa shape index (κ1) is 14.3. The number of nitrogens with zero attached hydrogens (tertiary/aromatic N) is 1. The molecular weight excluding hydrogens is 255 g/mol. The monoisotopic (exact) mass is 273 g/mol. The van der Waals surface area contributed by atoms with Gasteiger partial charge in [-0.05, 0) is 44.9 Å². The number of hydrogen-bond acceptors (Lipinski definition) is 2. The van der Waals surface area contributed by atoms with Gasteiger partial charge in [0.1, 0.15) is 6.10 Å². The van der Waals surface area contributed by atoms with Crippen molar-refractivity contribution in [2.24, 2.45) is 0 Å². The Balaban J connectivity index is 2.16. The molecule has 0 radical (unpaired) electrons. The lowest BCUT2D eigenvalue weighted by Crippen LogP contribution is -2.38. The lowest BCUT2D eigenvalue weighted by molar-refractivity contribution is -0.196. The van der Waals surface area contributed by atoms with Crippen LogP contribution < -0.4 is 0 Å². The van der Waals surface area contributed by atoms with E-state index in [1.54, 1.807) is 6.07 Å². The average molecular weight is 273 g/mol. The van der Waals surface area contributed by atoms with Crippen LogP contribution in [0.1, 0.15) is 44.4 Å². The fourth-order valence-electron chi connectivity index (χ4n) is 2.13. The fraction of sp³-hybridized carbons (Fsp3) is 0.571. The molecule has 0 N–H and O–H groups in total. The molecule has 1 heterocycles. The first-order chi connectivity index (χ1) is 8.68. The van der Waals surface area contributed by atoms with Gasteiger partial charge in [0.05, 0.1) is 5.56 Å². The zero-order chi connectivity index (χ0) is 14.3. The molecule has 0 bridgehead atoms. The standard InChI is InChI=1S/C14H18F3NO/c1-13(2,3)18-8-7-12(19-18)10-5-4-6-11(9-10)14(15,16)17/h4-6,9,12H,7-8H2,1-3H3. The third-order valence-corrected chi connectivity index (χ3v) is 3.18. The van der Waals surface area contributed by atoms with E-state index < -0.39 is 11.7 Å². The van der Waals surface area contributed by atoms with Crippen LogP contribution in [0.15, 0.2) is 24.3 Å². The Hall–Kier alpha value is -1.07. The van der Waals surface area contributed by atoms with Crippen LogP contribution in [0.2, 0.25) is 0 Å². The quantitative estimate of drug-likeness (QED) is 0.761. The van der Waals surface area contributed by atoms with Gasteiger partial charge in [0.15, 0.2) is 0 Å². The predicted molar refractivity (Wildman–Crippen MR) is 66.3 cm³/mol. The second-order valence-corrected chi connectivity index (χ2v) is 5.78. The summed E-state index contributed by atoms with van der Waals surface area (Å²) in [4.78, 5) is 5.75. The molecule has 1 aliphatic heterocycles. The summed E-state index contributed by atoms with van der Waals surface area (Å²) in [5.41, 5.74) is -0.180. The topological polar surface area (TPSA) is 12.5 Å². The second-order valence-electron chi connectivity index (χ2n) is 5.78. The third-order valence-electron chi connectivity index (χ3n) is 3.18. The lowest BCUT2D eigenvalue weighted by atomic mass is 10.0. The van der Waals surface area contributed by atoms with Crippen molar-refractivity contribution in [3.63, 3.8) is 0 Å². The normalized spacial score (nSPS) is 21.9. The summed E-state index contributed by atoms with van der Waals surface area (Å²) in [5.74, 6) is 0. The van der Waals surface area contributed by atoms with E-state index in [1.807, 2.05) is 25.8 Å². The van der Waals surface area contributed by atoms with E-state index in [2.05, 4.69) is 0 Å². The van der Waals surface area contributed by atoms with Crippen molar-refractivity contribution in [1.82, 2.24) is 5.06 Å². The van der Waals surface area contributed by atoms with E-state index in [0.29, 0.717) is 12.0 Å². The summed E-state index contributed by atoms with van der Waals surface area (Å²) in [7, 11) is 0. The Morgan fingerprint density at radius 2 is 1.89 bits per heavy atom. The molecule has 19 heavy (non-hydrogen) atoms. The van der Waals surface area contributed by atoms with Crippen LogP contribution in [0.3, 0.4) is 0 Å². The first-order valence-corrected chi connectivity index (χ1v) is 6.29. The number of hydrogen-bond donors (Lipinski definition) is 0. The Morgan fingerprint density at radius 3 is 2.42 bits per heavy atom. The number of rotatable bonds is 1. The smallest absolute Gasteiger partial charge is 0.290 e. The highest BCUT2D eigenvalue weighted by molar-refractivity contribution is 5.27. The molecule has 106 valence electrons. The average Bonchev–Trinajstić information content (AvgIpc) is 2.77. The molecule has 2 rings (SSSR count). The van der Waals surface area contributed by atoms with Gasteiger partial charge in [-0.1, -0.05) is 12.1 Å². The zero-order valence-corrected chi connectivity index (χ0v) is 11.3. The maximum atomic E-state index is 12.7. The molecule has 1 fully saturated rings. The van der Waals surface area contributed by atoms with E-state index >= 15 is 0 Å². The molecule has 0 spiro atoms. The van der Waals surface area contributed by atoms with Crippen LogP contribution in [0.5, 0.6) is 0 Å². The van der Waals surface area contributed by atoms with Gasteiger partial charge in [-0.2, -0.15) is 18.2 Å². The van der Waals surface area contributed by atoms with Crippen molar-refractivity contribution in [3.8, 4) is 0 Å². The van der Waals surface area contributed by atoms with E-state index in [0.717, 1.165) is 12.6 Å². The summed E-state index contributed by atoms with van der Waals surface area (Å²) in [6.45, 7) is 6.77. The van der Waals surface area contributed by atoms with Gasteiger partial charge in [0.2, 0.25) is 0 Å². The number of alkyl halides is 3. The van der Waals surface area contributed by atoms with Crippen molar-refractivity contribution >= 4 is 0 Å². The highest BCUT2D eigenvalue weighted by Gasteiger charge is 2.34. The maximum absolute atomic E-state index is 12.7. The molecule has 0 saturated carbocycles. The Bertz CT molecular complexity index is 451. The van der Waals surface area contributed by atoms with Gasteiger partial charge in [0.25, 0.3) is 0 Å². The number of benzene rings is 1. The molecule has 1 atom stereocenters. The van der Waals surface area contributed by atoms with Crippen LogP contribution in [0.4, 0.5) is 13.2 Å². The Labute approximate surface area is 111 Å². The van der Waals surface area contributed by atoms with E-state index in [9.17, 15) is 13.2 Å². The molecule has 0 aromatic heterocycles. The molecule has 1 aromatic carbocycles. The summed E-state index contributed by atoms with van der Waals surface area (Å²) in [6.07, 6.45) is -3.89. The van der Waals surface area contributed by atoms with Crippen LogP contribution in [0, 0.1) is 0 Å². The first-order valence-electron chi connectivity index (χ1n) is 6.29. The van der Waals surface area contributed by atoms with Crippen molar-refractivity contribution in [2.75, 3.05) is 6.54 Å². The van der Waals surface area contributed by atoms with Crippen molar-refractivity contribution in [1.29, 1.82) is 0 Å². The van der Waals surface area contributed by atoms with Crippen LogP contribution >= 0.6 is 0 Å². The Morgan fingerprint density at radius 1 is 1.21 bits per heavy atom. The highest BCUT2D eigenvalue weighted by atomic mass is 19.4. The lowest BCUT2D eigenvalue weighted by Gasteiger charge is -2.30. The maximum Gasteiger partial charge on any atom is 0.416 e.